The molecule has 0 aromatic heterocycles. The molecule has 2 bridgehead atoms. The third-order valence-corrected chi connectivity index (χ3v) is 5.44. The van der Waals surface area contributed by atoms with Gasteiger partial charge in [0.1, 0.15) is 0 Å². The number of ether oxygens (including phenoxy) is 1. The molecule has 0 aliphatic heterocycles. The van der Waals surface area contributed by atoms with Crippen molar-refractivity contribution in [2.24, 2.45) is 29.6 Å². The molecule has 2 saturated carbocycles. The van der Waals surface area contributed by atoms with E-state index in [0.717, 1.165) is 19.3 Å². The fourth-order valence-corrected chi connectivity index (χ4v) is 4.26. The minimum atomic E-state index is -0.874. The van der Waals surface area contributed by atoms with Gasteiger partial charge in [-0.3, -0.25) is 9.59 Å². The highest BCUT2D eigenvalue weighted by Gasteiger charge is 2.53. The lowest BCUT2D eigenvalue weighted by molar-refractivity contribution is -0.148. The Morgan fingerprint density at radius 2 is 1.73 bits per heavy atom. The lowest BCUT2D eigenvalue weighted by Gasteiger charge is -2.27. The number of anilines is 1. The maximum absolute atomic E-state index is 12.6. The molecule has 0 spiro atoms. The van der Waals surface area contributed by atoms with Gasteiger partial charge < -0.3 is 15.2 Å². The zero-order valence-corrected chi connectivity index (χ0v) is 15.1. The quantitative estimate of drug-likeness (QED) is 0.761. The van der Waals surface area contributed by atoms with Crippen LogP contribution in [0.25, 0.3) is 0 Å². The lowest BCUT2D eigenvalue weighted by Crippen LogP contribution is -2.37. The number of carbonyl (C=O) groups is 3. The number of carboxylic acids is 1. The second kappa shape index (κ2) is 7.48. The molecule has 3 rings (SSSR count). The molecule has 26 heavy (non-hydrogen) atoms. The predicted octanol–water partition coefficient (Wildman–Crippen LogP) is 3.18. The summed E-state index contributed by atoms with van der Waals surface area (Å²) < 4.78 is 5.17. The van der Waals surface area contributed by atoms with Crippen molar-refractivity contribution in [3.63, 3.8) is 0 Å². The van der Waals surface area contributed by atoms with E-state index in [1.165, 1.54) is 0 Å². The highest BCUT2D eigenvalue weighted by atomic mass is 16.5. The Kier molecular flexibility index (Phi) is 5.30. The van der Waals surface area contributed by atoms with Gasteiger partial charge in [-0.25, -0.2) is 4.79 Å². The molecule has 6 heteroatoms. The van der Waals surface area contributed by atoms with Crippen LogP contribution in [0.5, 0.6) is 0 Å². The number of carboxylic acid groups (broad SMARTS) is 1. The van der Waals surface area contributed by atoms with Crippen molar-refractivity contribution in [3.05, 3.63) is 29.8 Å². The molecule has 0 unspecified atom stereocenters. The predicted molar refractivity (Wildman–Crippen MR) is 95.6 cm³/mol. The monoisotopic (exact) mass is 359 g/mol. The minimum Gasteiger partial charge on any atom is -0.481 e. The molecule has 2 fully saturated rings. The Hall–Kier alpha value is -2.37. The fraction of sp³-hybridized carbons (Fsp3) is 0.550. The first-order valence-electron chi connectivity index (χ1n) is 9.17. The van der Waals surface area contributed by atoms with Gasteiger partial charge in [-0.05, 0) is 61.3 Å². The molecule has 2 N–H and O–H groups in total. The van der Waals surface area contributed by atoms with Crippen LogP contribution < -0.4 is 5.32 Å². The topological polar surface area (TPSA) is 92.7 Å². The van der Waals surface area contributed by atoms with Gasteiger partial charge in [-0.1, -0.05) is 13.8 Å². The smallest absolute Gasteiger partial charge is 0.338 e. The van der Waals surface area contributed by atoms with Gasteiger partial charge in [0, 0.05) is 5.69 Å². The van der Waals surface area contributed by atoms with Crippen LogP contribution in [-0.2, 0) is 14.3 Å². The summed E-state index contributed by atoms with van der Waals surface area (Å²) in [6.45, 7) is 4.29. The number of fused-ring (bicyclic) bond motifs is 2. The molecule has 1 aromatic rings. The van der Waals surface area contributed by atoms with Crippen LogP contribution >= 0.6 is 0 Å². The van der Waals surface area contributed by atoms with E-state index in [1.807, 2.05) is 13.8 Å². The number of carbonyl (C=O) groups excluding carboxylic acids is 2. The highest BCUT2D eigenvalue weighted by Crippen LogP contribution is 2.52. The number of amides is 1. The van der Waals surface area contributed by atoms with E-state index in [0.29, 0.717) is 17.9 Å². The van der Waals surface area contributed by atoms with E-state index >= 15 is 0 Å². The first kappa shape index (κ1) is 18.4. The van der Waals surface area contributed by atoms with Crippen molar-refractivity contribution in [3.8, 4) is 0 Å². The van der Waals surface area contributed by atoms with Gasteiger partial charge in [0.15, 0.2) is 0 Å². The summed E-state index contributed by atoms with van der Waals surface area (Å²) in [6, 6.07) is 6.50. The van der Waals surface area contributed by atoms with Crippen LogP contribution in [0.3, 0.4) is 0 Å². The summed E-state index contributed by atoms with van der Waals surface area (Å²) in [5, 5.41) is 12.3. The minimum absolute atomic E-state index is 0.117. The van der Waals surface area contributed by atoms with Crippen molar-refractivity contribution in [2.45, 2.75) is 33.1 Å². The Balaban J connectivity index is 1.63. The van der Waals surface area contributed by atoms with E-state index in [1.54, 1.807) is 24.3 Å². The molecule has 2 aliphatic rings. The van der Waals surface area contributed by atoms with E-state index in [9.17, 15) is 19.5 Å². The average molecular weight is 359 g/mol. The first-order chi connectivity index (χ1) is 12.4. The zero-order valence-electron chi connectivity index (χ0n) is 15.1. The molecular formula is C20H25NO5. The van der Waals surface area contributed by atoms with Gasteiger partial charge >= 0.3 is 11.9 Å². The summed E-state index contributed by atoms with van der Waals surface area (Å²) in [7, 11) is 0. The van der Waals surface area contributed by atoms with Gasteiger partial charge in [0.05, 0.1) is 24.0 Å². The van der Waals surface area contributed by atoms with Crippen molar-refractivity contribution in [1.82, 2.24) is 0 Å². The molecule has 140 valence electrons. The Morgan fingerprint density at radius 3 is 2.31 bits per heavy atom. The Morgan fingerprint density at radius 1 is 1.12 bits per heavy atom. The average Bonchev–Trinajstić information content (AvgIpc) is 3.21. The van der Waals surface area contributed by atoms with E-state index < -0.39 is 23.8 Å². The van der Waals surface area contributed by atoms with Crippen LogP contribution in [-0.4, -0.2) is 29.6 Å². The lowest BCUT2D eigenvalue weighted by atomic mass is 9.78. The summed E-state index contributed by atoms with van der Waals surface area (Å²) >= 11 is 0. The summed E-state index contributed by atoms with van der Waals surface area (Å²) in [5.74, 6) is -2.02. The summed E-state index contributed by atoms with van der Waals surface area (Å²) in [4.78, 5) is 36.1. The Bertz CT molecular complexity index is 697. The van der Waals surface area contributed by atoms with Crippen molar-refractivity contribution in [2.75, 3.05) is 11.9 Å². The maximum atomic E-state index is 12.6. The fourth-order valence-electron chi connectivity index (χ4n) is 4.26. The number of hydrogen-bond acceptors (Lipinski definition) is 4. The highest BCUT2D eigenvalue weighted by molar-refractivity contribution is 5.96. The third kappa shape index (κ3) is 3.74. The van der Waals surface area contributed by atoms with Crippen LogP contribution in [0.2, 0.25) is 0 Å². The van der Waals surface area contributed by atoms with Crippen molar-refractivity contribution in [1.29, 1.82) is 0 Å². The second-order valence-corrected chi connectivity index (χ2v) is 7.78. The summed E-state index contributed by atoms with van der Waals surface area (Å²) in [6.07, 6.45) is 2.65. The van der Waals surface area contributed by atoms with E-state index in [4.69, 9.17) is 4.74 Å². The number of rotatable bonds is 6. The molecular weight excluding hydrogens is 334 g/mol. The number of esters is 1. The molecule has 0 heterocycles. The molecule has 2 aliphatic carbocycles. The number of nitrogens with one attached hydrogen (secondary N) is 1. The van der Waals surface area contributed by atoms with Crippen LogP contribution in [0.4, 0.5) is 5.69 Å². The number of aliphatic carboxylic acids is 1. The first-order valence-corrected chi connectivity index (χ1v) is 9.17. The van der Waals surface area contributed by atoms with Gasteiger partial charge in [0.25, 0.3) is 0 Å². The van der Waals surface area contributed by atoms with Crippen LogP contribution in [0.1, 0.15) is 43.5 Å². The van der Waals surface area contributed by atoms with E-state index in [-0.39, 0.29) is 23.7 Å². The molecule has 0 saturated heterocycles. The van der Waals surface area contributed by atoms with Crippen LogP contribution in [0, 0.1) is 29.6 Å². The van der Waals surface area contributed by atoms with Gasteiger partial charge in [-0.15, -0.1) is 0 Å². The normalized spacial score (nSPS) is 26.7. The Labute approximate surface area is 152 Å². The standard InChI is InChI=1S/C20H25NO5/c1-11(2)10-26-20(25)12-5-7-15(8-6-12)21-18(22)16-13-3-4-14(9-13)17(16)19(23)24/h5-8,11,13-14,16-17H,3-4,9-10H2,1-2H3,(H,21,22)(H,23,24)/t13-,14-,16+,17-/m0/s1. The van der Waals surface area contributed by atoms with E-state index in [2.05, 4.69) is 5.32 Å². The van der Waals surface area contributed by atoms with Crippen LogP contribution in [0.15, 0.2) is 24.3 Å². The molecule has 1 amide bonds. The van der Waals surface area contributed by atoms with Gasteiger partial charge in [-0.2, -0.15) is 0 Å². The number of benzene rings is 1. The number of hydrogen-bond donors (Lipinski definition) is 2. The van der Waals surface area contributed by atoms with Crippen molar-refractivity contribution < 1.29 is 24.2 Å². The molecule has 0 radical (unpaired) electrons. The zero-order chi connectivity index (χ0) is 18.8. The maximum Gasteiger partial charge on any atom is 0.338 e. The molecule has 6 nitrogen and oxygen atoms in total. The largest absolute Gasteiger partial charge is 0.481 e. The SMILES string of the molecule is CC(C)COC(=O)c1ccc(NC(=O)[C@@H]2[C@H]3CC[C@@H](C3)[C@@H]2C(=O)O)cc1. The summed E-state index contributed by atoms with van der Waals surface area (Å²) in [5.41, 5.74) is 0.981. The van der Waals surface area contributed by atoms with Crippen molar-refractivity contribution >= 4 is 23.5 Å². The molecule has 4 atom stereocenters. The van der Waals surface area contributed by atoms with Gasteiger partial charge in [0.2, 0.25) is 5.91 Å². The second-order valence-electron chi connectivity index (χ2n) is 7.78. The third-order valence-electron chi connectivity index (χ3n) is 5.44. The molecule has 1 aromatic carbocycles.